The quantitative estimate of drug-likeness (QED) is 0.379. The number of nitrogens with two attached hydrogens (primary N) is 1. The number of primary amides is 1. The first-order valence-corrected chi connectivity index (χ1v) is 5.32. The van der Waals surface area contributed by atoms with Crippen molar-refractivity contribution in [3.8, 4) is 0 Å². The molecule has 0 bridgehead atoms. The lowest BCUT2D eigenvalue weighted by Crippen LogP contribution is -2.34. The van der Waals surface area contributed by atoms with Gasteiger partial charge in [-0.15, -0.1) is 0 Å². The molecular formula is C10H18N2O4. The zero-order valence-corrected chi connectivity index (χ0v) is 9.44. The lowest BCUT2D eigenvalue weighted by atomic mass is 10.2. The van der Waals surface area contributed by atoms with Gasteiger partial charge in [-0.05, 0) is 6.42 Å². The van der Waals surface area contributed by atoms with E-state index < -0.39 is 17.7 Å². The van der Waals surface area contributed by atoms with Crippen molar-refractivity contribution in [2.24, 2.45) is 5.73 Å². The van der Waals surface area contributed by atoms with Crippen molar-refractivity contribution in [2.75, 3.05) is 0 Å². The van der Waals surface area contributed by atoms with E-state index in [2.05, 4.69) is 0 Å². The van der Waals surface area contributed by atoms with E-state index in [1.54, 1.807) is 0 Å². The first-order chi connectivity index (χ1) is 7.49. The van der Waals surface area contributed by atoms with Crippen molar-refractivity contribution in [2.45, 2.75) is 45.4 Å². The van der Waals surface area contributed by atoms with Crippen LogP contribution in [0.1, 0.15) is 45.4 Å². The number of nitrogens with zero attached hydrogens (tertiary/aromatic N) is 1. The van der Waals surface area contributed by atoms with Gasteiger partial charge in [-0.2, -0.15) is 5.06 Å². The molecule has 0 heterocycles. The Labute approximate surface area is 94.4 Å². The van der Waals surface area contributed by atoms with Gasteiger partial charge in [-0.1, -0.05) is 19.8 Å². The maximum absolute atomic E-state index is 11.2. The highest BCUT2D eigenvalue weighted by molar-refractivity contribution is 5.94. The Morgan fingerprint density at radius 2 is 1.62 bits per heavy atom. The summed E-state index contributed by atoms with van der Waals surface area (Å²) in [5, 5.41) is 9.26. The smallest absolute Gasteiger partial charge is 0.253 e. The number of imide groups is 1. The van der Waals surface area contributed by atoms with Crippen LogP contribution in [0, 0.1) is 0 Å². The fourth-order valence-corrected chi connectivity index (χ4v) is 1.11. The molecule has 0 aromatic heterocycles. The molecule has 0 aliphatic rings. The summed E-state index contributed by atoms with van der Waals surface area (Å²) >= 11 is 0. The van der Waals surface area contributed by atoms with Gasteiger partial charge >= 0.3 is 0 Å². The predicted molar refractivity (Wildman–Crippen MR) is 56.2 cm³/mol. The highest BCUT2D eigenvalue weighted by Crippen LogP contribution is 2.03. The zero-order chi connectivity index (χ0) is 12.6. The number of amides is 3. The van der Waals surface area contributed by atoms with Gasteiger partial charge in [0.05, 0.1) is 0 Å². The molecular weight excluding hydrogens is 212 g/mol. The second kappa shape index (κ2) is 7.81. The highest BCUT2D eigenvalue weighted by Gasteiger charge is 2.18. The molecule has 0 aromatic rings. The molecule has 92 valence electrons. The Kier molecular flexibility index (Phi) is 7.11. The van der Waals surface area contributed by atoms with Crippen molar-refractivity contribution >= 4 is 17.7 Å². The maximum Gasteiger partial charge on any atom is 0.253 e. The average molecular weight is 230 g/mol. The normalized spacial score (nSPS) is 9.88. The molecule has 16 heavy (non-hydrogen) atoms. The van der Waals surface area contributed by atoms with Crippen LogP contribution in [0.15, 0.2) is 0 Å². The molecule has 6 nitrogen and oxygen atoms in total. The first-order valence-electron chi connectivity index (χ1n) is 5.32. The van der Waals surface area contributed by atoms with Gasteiger partial charge in [0.2, 0.25) is 5.91 Å². The molecule has 0 unspecified atom stereocenters. The molecule has 0 saturated heterocycles. The van der Waals surface area contributed by atoms with Gasteiger partial charge in [0.25, 0.3) is 11.8 Å². The van der Waals surface area contributed by atoms with E-state index in [9.17, 15) is 19.6 Å². The number of hydroxylamine groups is 2. The van der Waals surface area contributed by atoms with Crippen molar-refractivity contribution in [1.82, 2.24) is 5.06 Å². The Bertz CT molecular complexity index is 266. The van der Waals surface area contributed by atoms with E-state index in [0.29, 0.717) is 6.42 Å². The minimum Gasteiger partial charge on any atom is -0.370 e. The minimum absolute atomic E-state index is 0.0819. The molecule has 0 spiro atoms. The summed E-state index contributed by atoms with van der Waals surface area (Å²) in [5.41, 5.74) is 4.84. The molecule has 0 atom stereocenters. The zero-order valence-electron chi connectivity index (χ0n) is 9.44. The number of hydrogen-bond acceptors (Lipinski definition) is 4. The van der Waals surface area contributed by atoms with Crippen LogP contribution in [-0.2, 0) is 14.4 Å². The largest absolute Gasteiger partial charge is 0.370 e. The topological polar surface area (TPSA) is 101 Å². The minimum atomic E-state index is -0.791. The standard InChI is InChI=1S/C10H18N2O4/c1-2-3-4-5-9(14)12(16)10(15)7-6-8(11)13/h16H,2-7H2,1H3,(H2,11,13). The van der Waals surface area contributed by atoms with E-state index in [0.717, 1.165) is 12.8 Å². The number of unbranched alkanes of at least 4 members (excludes halogenated alkanes) is 2. The molecule has 3 amide bonds. The summed E-state index contributed by atoms with van der Waals surface area (Å²) in [4.78, 5) is 32.8. The molecule has 0 fully saturated rings. The van der Waals surface area contributed by atoms with Gasteiger partial charge in [0, 0.05) is 19.3 Å². The molecule has 3 N–H and O–H groups in total. The fourth-order valence-electron chi connectivity index (χ4n) is 1.11. The van der Waals surface area contributed by atoms with Gasteiger partial charge in [0.15, 0.2) is 0 Å². The van der Waals surface area contributed by atoms with Crippen molar-refractivity contribution < 1.29 is 19.6 Å². The maximum atomic E-state index is 11.2. The third kappa shape index (κ3) is 6.13. The van der Waals surface area contributed by atoms with E-state index in [1.807, 2.05) is 6.92 Å². The number of carbonyl (C=O) groups is 3. The summed E-state index contributed by atoms with van der Waals surface area (Å²) in [7, 11) is 0. The van der Waals surface area contributed by atoms with Crippen LogP contribution in [0.4, 0.5) is 0 Å². The molecule has 0 rings (SSSR count). The monoisotopic (exact) mass is 230 g/mol. The van der Waals surface area contributed by atoms with E-state index >= 15 is 0 Å². The Balaban J connectivity index is 3.92. The van der Waals surface area contributed by atoms with Crippen LogP contribution in [0.3, 0.4) is 0 Å². The number of rotatable bonds is 7. The highest BCUT2D eigenvalue weighted by atomic mass is 16.5. The van der Waals surface area contributed by atoms with Gasteiger partial charge < -0.3 is 5.73 Å². The fraction of sp³-hybridized carbons (Fsp3) is 0.700. The van der Waals surface area contributed by atoms with Gasteiger partial charge in [-0.3, -0.25) is 19.6 Å². The van der Waals surface area contributed by atoms with E-state index in [4.69, 9.17) is 5.73 Å². The summed E-state index contributed by atoms with van der Waals surface area (Å²) < 4.78 is 0. The third-order valence-electron chi connectivity index (χ3n) is 2.05. The Hall–Kier alpha value is -1.43. The summed E-state index contributed by atoms with van der Waals surface area (Å²) in [6.07, 6.45) is 2.18. The lowest BCUT2D eigenvalue weighted by Gasteiger charge is -2.12. The molecule has 0 aromatic carbocycles. The van der Waals surface area contributed by atoms with E-state index in [1.165, 1.54) is 0 Å². The van der Waals surface area contributed by atoms with E-state index in [-0.39, 0.29) is 24.3 Å². The lowest BCUT2D eigenvalue weighted by molar-refractivity contribution is -0.179. The summed E-state index contributed by atoms with van der Waals surface area (Å²) in [6, 6.07) is 0. The molecule has 0 radical (unpaired) electrons. The van der Waals surface area contributed by atoms with Crippen LogP contribution in [0.2, 0.25) is 0 Å². The first kappa shape index (κ1) is 14.6. The van der Waals surface area contributed by atoms with Crippen LogP contribution < -0.4 is 5.73 Å². The second-order valence-electron chi connectivity index (χ2n) is 3.52. The molecule has 0 aliphatic carbocycles. The van der Waals surface area contributed by atoms with Crippen LogP contribution in [0.25, 0.3) is 0 Å². The summed E-state index contributed by atoms with van der Waals surface area (Å²) in [6.45, 7) is 1.99. The second-order valence-corrected chi connectivity index (χ2v) is 3.52. The Morgan fingerprint density at radius 3 is 2.12 bits per heavy atom. The molecule has 0 aliphatic heterocycles. The van der Waals surface area contributed by atoms with Crippen LogP contribution >= 0.6 is 0 Å². The molecule has 6 heteroatoms. The number of hydrogen-bond donors (Lipinski definition) is 2. The summed E-state index contributed by atoms with van der Waals surface area (Å²) in [5.74, 6) is -2.07. The van der Waals surface area contributed by atoms with Crippen LogP contribution in [0.5, 0.6) is 0 Å². The SMILES string of the molecule is CCCCCC(=O)N(O)C(=O)CCC(N)=O. The van der Waals surface area contributed by atoms with Crippen molar-refractivity contribution in [3.63, 3.8) is 0 Å². The molecule has 0 saturated carbocycles. The van der Waals surface area contributed by atoms with Gasteiger partial charge in [0.1, 0.15) is 0 Å². The van der Waals surface area contributed by atoms with Gasteiger partial charge in [-0.25, -0.2) is 0 Å². The average Bonchev–Trinajstić information content (AvgIpc) is 2.24. The predicted octanol–water partition coefficient (Wildman–Crippen LogP) is 0.577. The van der Waals surface area contributed by atoms with Crippen LogP contribution in [-0.4, -0.2) is 28.0 Å². The Morgan fingerprint density at radius 1 is 1.06 bits per heavy atom. The van der Waals surface area contributed by atoms with Crippen molar-refractivity contribution in [3.05, 3.63) is 0 Å². The van der Waals surface area contributed by atoms with Crippen molar-refractivity contribution in [1.29, 1.82) is 0 Å². The number of carbonyl (C=O) groups excluding carboxylic acids is 3. The third-order valence-corrected chi connectivity index (χ3v) is 2.05.